The van der Waals surface area contributed by atoms with Crippen molar-refractivity contribution < 1.29 is 17.9 Å². The summed E-state index contributed by atoms with van der Waals surface area (Å²) >= 11 is 18.4. The summed E-state index contributed by atoms with van der Waals surface area (Å²) in [6, 6.07) is 13.2. The Kier molecular flexibility index (Phi) is 6.56. The average molecular weight is 500 g/mol. The molecule has 0 saturated heterocycles. The topological polar surface area (TPSA) is 27.1 Å². The van der Waals surface area contributed by atoms with Gasteiger partial charge in [-0.3, -0.25) is 0 Å². The minimum atomic E-state index is -4.62. The second kappa shape index (κ2) is 9.22. The van der Waals surface area contributed by atoms with Gasteiger partial charge in [-0.25, -0.2) is 4.68 Å². The molecule has 0 radical (unpaired) electrons. The van der Waals surface area contributed by atoms with E-state index in [9.17, 15) is 13.2 Å². The first-order chi connectivity index (χ1) is 15.2. The van der Waals surface area contributed by atoms with Crippen molar-refractivity contribution in [3.8, 4) is 5.69 Å². The van der Waals surface area contributed by atoms with Crippen LogP contribution in [0.25, 0.3) is 5.69 Å². The highest BCUT2D eigenvalue weighted by Gasteiger charge is 2.35. The predicted octanol–water partition coefficient (Wildman–Crippen LogP) is 8.00. The molecule has 0 aliphatic heterocycles. The normalized spacial score (nSPS) is 16.2. The minimum Gasteiger partial charge on any atom is -0.488 e. The molecule has 0 bridgehead atoms. The van der Waals surface area contributed by atoms with Crippen molar-refractivity contribution in [3.05, 3.63) is 105 Å². The van der Waals surface area contributed by atoms with Crippen LogP contribution in [0.3, 0.4) is 0 Å². The van der Waals surface area contributed by atoms with Crippen LogP contribution in [0.15, 0.2) is 72.5 Å². The van der Waals surface area contributed by atoms with Gasteiger partial charge in [0.25, 0.3) is 0 Å². The zero-order valence-electron chi connectivity index (χ0n) is 16.4. The summed E-state index contributed by atoms with van der Waals surface area (Å²) in [4.78, 5) is 0. The number of hydrogen-bond donors (Lipinski definition) is 0. The summed E-state index contributed by atoms with van der Waals surface area (Å²) in [7, 11) is 0. The van der Waals surface area contributed by atoms with Crippen LogP contribution in [0.2, 0.25) is 15.1 Å². The molecular formula is C23H16Cl3F3N2O. The largest absolute Gasteiger partial charge is 0.488 e. The molecule has 1 aliphatic rings. The number of alkyl halides is 3. The van der Waals surface area contributed by atoms with Gasteiger partial charge in [0, 0.05) is 10.9 Å². The number of para-hydroxylation sites is 1. The van der Waals surface area contributed by atoms with E-state index in [4.69, 9.17) is 39.5 Å². The predicted molar refractivity (Wildman–Crippen MR) is 119 cm³/mol. The van der Waals surface area contributed by atoms with Gasteiger partial charge in [0.05, 0.1) is 15.7 Å². The molecule has 1 aliphatic carbocycles. The van der Waals surface area contributed by atoms with Crippen molar-refractivity contribution in [2.24, 2.45) is 0 Å². The highest BCUT2D eigenvalue weighted by Crippen LogP contribution is 2.34. The van der Waals surface area contributed by atoms with Crippen LogP contribution in [-0.4, -0.2) is 9.78 Å². The second-order valence-corrected chi connectivity index (χ2v) is 8.40. The molecule has 2 aromatic carbocycles. The lowest BCUT2D eigenvalue weighted by Gasteiger charge is -2.18. The lowest BCUT2D eigenvalue weighted by Crippen LogP contribution is -2.09. The molecule has 3 aromatic rings. The number of nitrogens with zero attached hydrogens (tertiary/aromatic N) is 2. The molecule has 1 atom stereocenters. The van der Waals surface area contributed by atoms with Gasteiger partial charge in [0.15, 0.2) is 5.69 Å². The van der Waals surface area contributed by atoms with Crippen molar-refractivity contribution in [1.82, 2.24) is 9.78 Å². The molecule has 9 heteroatoms. The average Bonchev–Trinajstić information content (AvgIpc) is 3.17. The third-order valence-corrected chi connectivity index (χ3v) is 5.80. The van der Waals surface area contributed by atoms with Gasteiger partial charge in [-0.1, -0.05) is 59.1 Å². The first-order valence-corrected chi connectivity index (χ1v) is 10.7. The molecule has 0 saturated carbocycles. The lowest BCUT2D eigenvalue weighted by atomic mass is 9.92. The zero-order chi connectivity index (χ0) is 22.9. The molecule has 0 spiro atoms. The summed E-state index contributed by atoms with van der Waals surface area (Å²) in [5.41, 5.74) is 0.351. The van der Waals surface area contributed by atoms with Crippen molar-refractivity contribution in [1.29, 1.82) is 0 Å². The number of hydrogen-bond acceptors (Lipinski definition) is 2. The summed E-state index contributed by atoms with van der Waals surface area (Å²) in [5, 5.41) is 4.71. The third-order valence-electron chi connectivity index (χ3n) is 4.95. The van der Waals surface area contributed by atoms with Crippen molar-refractivity contribution >= 4 is 34.8 Å². The van der Waals surface area contributed by atoms with E-state index in [1.54, 1.807) is 12.1 Å². The molecule has 166 valence electrons. The van der Waals surface area contributed by atoms with Crippen molar-refractivity contribution in [2.75, 3.05) is 0 Å². The van der Waals surface area contributed by atoms with Gasteiger partial charge in [0.2, 0.25) is 0 Å². The molecule has 0 N–H and O–H groups in total. The Labute approximate surface area is 197 Å². The molecule has 1 aromatic heterocycles. The molecule has 32 heavy (non-hydrogen) atoms. The monoisotopic (exact) mass is 498 g/mol. The maximum absolute atomic E-state index is 13.3. The van der Waals surface area contributed by atoms with Crippen molar-refractivity contribution in [2.45, 2.75) is 25.1 Å². The molecular weight excluding hydrogens is 484 g/mol. The lowest BCUT2D eigenvalue weighted by molar-refractivity contribution is -0.141. The van der Waals surface area contributed by atoms with Gasteiger partial charge >= 0.3 is 6.18 Å². The Morgan fingerprint density at radius 1 is 1.03 bits per heavy atom. The van der Waals surface area contributed by atoms with Crippen LogP contribution in [0.4, 0.5) is 13.2 Å². The summed E-state index contributed by atoms with van der Waals surface area (Å²) < 4.78 is 46.8. The summed E-state index contributed by atoms with van der Waals surface area (Å²) in [5.74, 6) is 0.695. The fourth-order valence-corrected chi connectivity index (χ4v) is 4.15. The van der Waals surface area contributed by atoms with Gasteiger partial charge < -0.3 is 4.74 Å². The van der Waals surface area contributed by atoms with Gasteiger partial charge in [-0.15, -0.1) is 0 Å². The van der Waals surface area contributed by atoms with Crippen LogP contribution in [-0.2, 0) is 17.5 Å². The number of rotatable bonds is 5. The second-order valence-electron chi connectivity index (χ2n) is 7.15. The number of aromatic nitrogens is 2. The number of benzene rings is 2. The van der Waals surface area contributed by atoms with Gasteiger partial charge in [-0.05, 0) is 54.5 Å². The van der Waals surface area contributed by atoms with Crippen LogP contribution in [0.1, 0.15) is 29.3 Å². The molecule has 4 rings (SSSR count). The summed E-state index contributed by atoms with van der Waals surface area (Å²) in [6.45, 7) is -0.150. The maximum Gasteiger partial charge on any atom is 0.435 e. The minimum absolute atomic E-state index is 0.144. The molecule has 3 nitrogen and oxygen atoms in total. The van der Waals surface area contributed by atoms with E-state index in [1.165, 1.54) is 12.1 Å². The van der Waals surface area contributed by atoms with Crippen molar-refractivity contribution in [3.63, 3.8) is 0 Å². The first-order valence-electron chi connectivity index (χ1n) is 9.59. The standard InChI is InChI=1S/C23H16Cl3F3N2O/c24-16-4-1-3-15(11-16)14-7-9-18(10-8-14)32-13-17-12-21(23(27,28)29)30-31(17)22-19(25)5-2-6-20(22)26/h1-7,9-12,14H,8,13H2. The molecule has 0 amide bonds. The van der Waals surface area contributed by atoms with Crippen LogP contribution in [0, 0.1) is 0 Å². The fourth-order valence-electron chi connectivity index (χ4n) is 3.40. The van der Waals surface area contributed by atoms with E-state index < -0.39 is 11.9 Å². The molecule has 1 unspecified atom stereocenters. The first kappa shape index (κ1) is 22.8. The Hall–Kier alpha value is -2.41. The highest BCUT2D eigenvalue weighted by atomic mass is 35.5. The quantitative estimate of drug-likeness (QED) is 0.356. The SMILES string of the molecule is FC(F)(F)c1cc(COC2=CCC(c3cccc(Cl)c3)C=C2)n(-c2c(Cl)cccc2Cl)n1. The zero-order valence-corrected chi connectivity index (χ0v) is 18.7. The fraction of sp³-hybridized carbons (Fsp3) is 0.174. The Bertz CT molecular complexity index is 1180. The van der Waals surface area contributed by atoms with E-state index in [0.29, 0.717) is 17.2 Å². The van der Waals surface area contributed by atoms with E-state index >= 15 is 0 Å². The maximum atomic E-state index is 13.3. The summed E-state index contributed by atoms with van der Waals surface area (Å²) in [6.07, 6.45) is 1.71. The van der Waals surface area contributed by atoms with Crippen LogP contribution < -0.4 is 0 Å². The Balaban J connectivity index is 1.55. The number of allylic oxidation sites excluding steroid dienone is 3. The van der Waals surface area contributed by atoms with E-state index in [1.807, 2.05) is 36.4 Å². The highest BCUT2D eigenvalue weighted by molar-refractivity contribution is 6.37. The number of ether oxygens (including phenoxy) is 1. The smallest absolute Gasteiger partial charge is 0.435 e. The third kappa shape index (κ3) is 4.98. The van der Waals surface area contributed by atoms with E-state index in [2.05, 4.69) is 5.10 Å². The molecule has 1 heterocycles. The van der Waals surface area contributed by atoms with Gasteiger partial charge in [-0.2, -0.15) is 18.3 Å². The molecule has 0 fully saturated rings. The number of halogens is 6. The Morgan fingerprint density at radius 2 is 1.75 bits per heavy atom. The van der Waals surface area contributed by atoms with Crippen LogP contribution in [0.5, 0.6) is 0 Å². The van der Waals surface area contributed by atoms with E-state index in [-0.39, 0.29) is 34.0 Å². The van der Waals surface area contributed by atoms with E-state index in [0.717, 1.165) is 16.3 Å². The van der Waals surface area contributed by atoms with Crippen LogP contribution >= 0.6 is 34.8 Å². The van der Waals surface area contributed by atoms with Gasteiger partial charge in [0.1, 0.15) is 18.1 Å². The Morgan fingerprint density at radius 3 is 2.38 bits per heavy atom.